The molecule has 0 fully saturated rings. The molecular formula is C6H4F3N3OS. The van der Waals surface area contributed by atoms with Gasteiger partial charge in [0.15, 0.2) is 16.5 Å². The average molecular weight is 223 g/mol. The summed E-state index contributed by atoms with van der Waals surface area (Å²) in [5.74, 6) is 0. The van der Waals surface area contributed by atoms with Gasteiger partial charge in [0.2, 0.25) is 0 Å². The molecule has 0 amide bonds. The molecule has 1 atom stereocenters. The summed E-state index contributed by atoms with van der Waals surface area (Å²) >= 11 is 0. The molecule has 14 heavy (non-hydrogen) atoms. The predicted molar refractivity (Wildman–Crippen MR) is 40.4 cm³/mol. The minimum atomic E-state index is -4.87. The highest BCUT2D eigenvalue weighted by atomic mass is 32.2. The molecule has 0 radical (unpaired) electrons. The Morgan fingerprint density at radius 1 is 1.64 bits per heavy atom. The largest absolute Gasteiger partial charge is 0.476 e. The first-order valence-electron chi connectivity index (χ1n) is 3.28. The summed E-state index contributed by atoms with van der Waals surface area (Å²) in [6.45, 7) is 0. The molecule has 1 aromatic rings. The van der Waals surface area contributed by atoms with E-state index in [1.165, 1.54) is 13.1 Å². The second kappa shape index (κ2) is 3.42. The van der Waals surface area contributed by atoms with Gasteiger partial charge in [-0.2, -0.15) is 23.5 Å². The van der Waals surface area contributed by atoms with Crippen molar-refractivity contribution in [2.75, 3.05) is 0 Å². The summed E-state index contributed by atoms with van der Waals surface area (Å²) in [4.78, 5) is -0.609. The highest BCUT2D eigenvalue weighted by molar-refractivity contribution is 7.86. The van der Waals surface area contributed by atoms with E-state index in [-0.39, 0.29) is 0 Å². The van der Waals surface area contributed by atoms with Crippen LogP contribution in [-0.2, 0) is 17.8 Å². The molecule has 1 heterocycles. The van der Waals surface area contributed by atoms with Crippen molar-refractivity contribution in [2.24, 2.45) is 7.05 Å². The molecule has 0 spiro atoms. The first-order chi connectivity index (χ1) is 6.36. The molecule has 0 aliphatic heterocycles. The molecule has 0 N–H and O–H groups in total. The molecule has 8 heteroatoms. The molecule has 0 saturated carbocycles. The van der Waals surface area contributed by atoms with E-state index in [0.29, 0.717) is 0 Å². The lowest BCUT2D eigenvalue weighted by Crippen LogP contribution is -2.16. The molecule has 76 valence electrons. The number of nitrogens with zero attached hydrogens (tertiary/aromatic N) is 3. The lowest BCUT2D eigenvalue weighted by molar-refractivity contribution is -0.0384. The topological polar surface area (TPSA) is 58.7 Å². The van der Waals surface area contributed by atoms with Gasteiger partial charge in [0.1, 0.15) is 11.0 Å². The van der Waals surface area contributed by atoms with Crippen LogP contribution in [0.4, 0.5) is 13.2 Å². The van der Waals surface area contributed by atoms with Gasteiger partial charge in [0.25, 0.3) is 0 Å². The Hall–Kier alpha value is -1.36. The van der Waals surface area contributed by atoms with Crippen molar-refractivity contribution >= 4 is 10.8 Å². The summed E-state index contributed by atoms with van der Waals surface area (Å²) < 4.78 is 47.9. The van der Waals surface area contributed by atoms with Crippen LogP contribution in [0.5, 0.6) is 0 Å². The Morgan fingerprint density at radius 3 is 2.64 bits per heavy atom. The van der Waals surface area contributed by atoms with Gasteiger partial charge >= 0.3 is 5.51 Å². The summed E-state index contributed by atoms with van der Waals surface area (Å²) in [6.07, 6.45) is 0.919. The third-order valence-electron chi connectivity index (χ3n) is 1.31. The minimum absolute atomic E-state index is 0.469. The zero-order chi connectivity index (χ0) is 10.9. The number of hydrogen-bond acceptors (Lipinski definition) is 3. The van der Waals surface area contributed by atoms with E-state index in [4.69, 9.17) is 5.26 Å². The second-order valence-corrected chi connectivity index (χ2v) is 3.78. The Bertz CT molecular complexity index is 417. The summed E-state index contributed by atoms with van der Waals surface area (Å²) in [7, 11) is -1.85. The number of nitriles is 1. The van der Waals surface area contributed by atoms with E-state index < -0.39 is 26.9 Å². The highest BCUT2D eigenvalue weighted by Crippen LogP contribution is 2.27. The first-order valence-corrected chi connectivity index (χ1v) is 4.43. The Balaban J connectivity index is 3.21. The molecule has 1 aromatic heterocycles. The van der Waals surface area contributed by atoms with Crippen molar-refractivity contribution < 1.29 is 17.4 Å². The van der Waals surface area contributed by atoms with Crippen LogP contribution in [-0.4, -0.2) is 19.5 Å². The lowest BCUT2D eigenvalue weighted by Gasteiger charge is -2.02. The molecule has 0 saturated heterocycles. The van der Waals surface area contributed by atoms with E-state index in [2.05, 4.69) is 5.10 Å². The summed E-state index contributed by atoms with van der Waals surface area (Å²) in [5, 5.41) is 11.8. The van der Waals surface area contributed by atoms with Gasteiger partial charge < -0.3 is 0 Å². The standard InChI is InChI=1S/C6H4F3N3OS/c1-12-3-5(4(2-10)11-12)14(13)6(7,8)9/h3H,1H3. The van der Waals surface area contributed by atoms with Crippen molar-refractivity contribution in [3.05, 3.63) is 11.9 Å². The summed E-state index contributed by atoms with van der Waals surface area (Å²) in [6, 6.07) is 1.44. The maximum atomic E-state index is 12.0. The van der Waals surface area contributed by atoms with E-state index in [9.17, 15) is 17.4 Å². The minimum Gasteiger partial charge on any atom is -0.273 e. The number of hydrogen-bond donors (Lipinski definition) is 0. The van der Waals surface area contributed by atoms with Gasteiger partial charge in [-0.15, -0.1) is 0 Å². The van der Waals surface area contributed by atoms with Crippen LogP contribution >= 0.6 is 0 Å². The fourth-order valence-electron chi connectivity index (χ4n) is 0.805. The fraction of sp³-hybridized carbons (Fsp3) is 0.333. The molecular weight excluding hydrogens is 219 g/mol. The van der Waals surface area contributed by atoms with Crippen LogP contribution < -0.4 is 0 Å². The molecule has 0 aliphatic carbocycles. The average Bonchev–Trinajstić information content (AvgIpc) is 2.43. The third-order valence-corrected chi connectivity index (χ3v) is 2.43. The molecule has 1 unspecified atom stereocenters. The van der Waals surface area contributed by atoms with Crippen LogP contribution in [0.15, 0.2) is 11.1 Å². The van der Waals surface area contributed by atoms with Crippen molar-refractivity contribution in [1.82, 2.24) is 9.78 Å². The summed E-state index contributed by atoms with van der Waals surface area (Å²) in [5.41, 5.74) is -5.34. The molecule has 0 bridgehead atoms. The van der Waals surface area contributed by atoms with Gasteiger partial charge in [-0.3, -0.25) is 4.68 Å². The van der Waals surface area contributed by atoms with Crippen LogP contribution in [0, 0.1) is 11.3 Å². The van der Waals surface area contributed by atoms with Gasteiger partial charge in [-0.05, 0) is 0 Å². The number of halogens is 3. The zero-order valence-corrected chi connectivity index (χ0v) is 7.69. The van der Waals surface area contributed by atoms with Crippen LogP contribution in [0.25, 0.3) is 0 Å². The van der Waals surface area contributed by atoms with Crippen LogP contribution in [0.2, 0.25) is 0 Å². The number of aryl methyl sites for hydroxylation is 1. The molecule has 4 nitrogen and oxygen atoms in total. The Morgan fingerprint density at radius 2 is 2.21 bits per heavy atom. The number of alkyl halides is 3. The quantitative estimate of drug-likeness (QED) is 0.711. The van der Waals surface area contributed by atoms with Gasteiger partial charge in [0.05, 0.1) is 0 Å². The monoisotopic (exact) mass is 223 g/mol. The fourth-order valence-corrected chi connectivity index (χ4v) is 1.56. The molecule has 0 aliphatic rings. The first kappa shape index (κ1) is 10.7. The second-order valence-electron chi connectivity index (χ2n) is 2.34. The lowest BCUT2D eigenvalue weighted by atomic mass is 10.5. The van der Waals surface area contributed by atoms with Gasteiger partial charge in [-0.1, -0.05) is 0 Å². The predicted octanol–water partition coefficient (Wildman–Crippen LogP) is 0.919. The smallest absolute Gasteiger partial charge is 0.273 e. The Kier molecular flexibility index (Phi) is 2.62. The normalized spacial score (nSPS) is 13.6. The van der Waals surface area contributed by atoms with E-state index in [1.807, 2.05) is 0 Å². The molecule has 0 aromatic carbocycles. The number of rotatable bonds is 1. The number of aromatic nitrogens is 2. The maximum absolute atomic E-state index is 12.0. The van der Waals surface area contributed by atoms with E-state index in [1.54, 1.807) is 0 Å². The van der Waals surface area contributed by atoms with Crippen molar-refractivity contribution in [1.29, 1.82) is 5.26 Å². The van der Waals surface area contributed by atoms with Crippen molar-refractivity contribution in [3.63, 3.8) is 0 Å². The molecule has 1 rings (SSSR count). The highest BCUT2D eigenvalue weighted by Gasteiger charge is 2.40. The van der Waals surface area contributed by atoms with Gasteiger partial charge in [-0.25, -0.2) is 4.21 Å². The van der Waals surface area contributed by atoms with Crippen molar-refractivity contribution in [3.8, 4) is 6.07 Å². The maximum Gasteiger partial charge on any atom is 0.476 e. The van der Waals surface area contributed by atoms with Gasteiger partial charge in [0, 0.05) is 13.2 Å². The zero-order valence-electron chi connectivity index (χ0n) is 6.87. The van der Waals surface area contributed by atoms with E-state index >= 15 is 0 Å². The Labute approximate surface area is 79.4 Å². The third kappa shape index (κ3) is 1.93. The van der Waals surface area contributed by atoms with Crippen LogP contribution in [0.3, 0.4) is 0 Å². The van der Waals surface area contributed by atoms with E-state index in [0.717, 1.165) is 10.9 Å². The van der Waals surface area contributed by atoms with Crippen molar-refractivity contribution in [2.45, 2.75) is 10.4 Å². The van der Waals surface area contributed by atoms with Crippen LogP contribution in [0.1, 0.15) is 5.69 Å². The SMILES string of the molecule is Cn1cc(S(=O)C(F)(F)F)c(C#N)n1.